The molecule has 3 aromatic carbocycles. The standard InChI is InChI=1S/C25H21NSe/c1-26(2)20-13-12-18-15-22-24(16-19(18)14-20)27-23-11-7-6-10-21(23)25(22)17-8-4-3-5-9-17/h3-6,8-16H,7H2,1-2H3. The van der Waals surface area contributed by atoms with E-state index in [0.29, 0.717) is 15.0 Å². The molecule has 0 aromatic heterocycles. The monoisotopic (exact) mass is 415 g/mol. The summed E-state index contributed by atoms with van der Waals surface area (Å²) in [5.41, 5.74) is 6.78. The number of hydrogen-bond donors (Lipinski definition) is 0. The molecule has 0 N–H and O–H groups in total. The zero-order valence-electron chi connectivity index (χ0n) is 15.6. The zero-order valence-corrected chi connectivity index (χ0v) is 17.3. The van der Waals surface area contributed by atoms with Crippen LogP contribution in [0.5, 0.6) is 0 Å². The van der Waals surface area contributed by atoms with Gasteiger partial charge >= 0.3 is 167 Å². The molecule has 0 spiro atoms. The molecule has 0 amide bonds. The van der Waals surface area contributed by atoms with Gasteiger partial charge in [-0.2, -0.15) is 0 Å². The average molecular weight is 414 g/mol. The van der Waals surface area contributed by atoms with Crippen LogP contribution >= 0.6 is 0 Å². The van der Waals surface area contributed by atoms with E-state index in [0.717, 1.165) is 6.42 Å². The van der Waals surface area contributed by atoms with Gasteiger partial charge in [-0.1, -0.05) is 0 Å². The van der Waals surface area contributed by atoms with Crippen LogP contribution in [-0.2, 0) is 0 Å². The van der Waals surface area contributed by atoms with Crippen molar-refractivity contribution in [1.29, 1.82) is 0 Å². The summed E-state index contributed by atoms with van der Waals surface area (Å²) in [5, 5.41) is 2.65. The number of nitrogens with zero attached hydrogens (tertiary/aromatic N) is 1. The van der Waals surface area contributed by atoms with Crippen molar-refractivity contribution in [3.05, 3.63) is 100 Å². The fourth-order valence-corrected chi connectivity index (χ4v) is 6.28. The topological polar surface area (TPSA) is 3.24 Å². The molecule has 0 atom stereocenters. The van der Waals surface area contributed by atoms with Gasteiger partial charge in [-0.05, 0) is 0 Å². The number of fused-ring (bicyclic) bond motifs is 3. The first-order valence-corrected chi connectivity index (χ1v) is 11.0. The Kier molecular flexibility index (Phi) is 4.04. The SMILES string of the molecule is CN(C)c1ccc2cc3c(cc2c1)[Se]C1=CCC=CC1=C3c1ccccc1. The summed E-state index contributed by atoms with van der Waals surface area (Å²) in [5.74, 6) is 0. The van der Waals surface area contributed by atoms with Crippen LogP contribution in [0.4, 0.5) is 5.69 Å². The third-order valence-corrected chi connectivity index (χ3v) is 7.69. The van der Waals surface area contributed by atoms with Crippen molar-refractivity contribution in [3.8, 4) is 0 Å². The van der Waals surface area contributed by atoms with E-state index in [4.69, 9.17) is 0 Å². The second kappa shape index (κ2) is 6.56. The van der Waals surface area contributed by atoms with E-state index in [1.807, 2.05) is 0 Å². The molecule has 1 nitrogen and oxygen atoms in total. The second-order valence-electron chi connectivity index (χ2n) is 7.24. The third kappa shape index (κ3) is 2.86. The van der Waals surface area contributed by atoms with Crippen molar-refractivity contribution < 1.29 is 0 Å². The van der Waals surface area contributed by atoms with Crippen molar-refractivity contribution in [3.63, 3.8) is 0 Å². The van der Waals surface area contributed by atoms with Crippen LogP contribution in [0, 0.1) is 0 Å². The van der Waals surface area contributed by atoms with E-state index in [2.05, 4.69) is 97.9 Å². The predicted molar refractivity (Wildman–Crippen MR) is 118 cm³/mol. The van der Waals surface area contributed by atoms with Crippen molar-refractivity contribution in [2.24, 2.45) is 0 Å². The molecule has 27 heavy (non-hydrogen) atoms. The molecule has 0 unspecified atom stereocenters. The first-order chi connectivity index (χ1) is 13.2. The molecule has 1 heterocycles. The van der Waals surface area contributed by atoms with Gasteiger partial charge in [-0.15, -0.1) is 0 Å². The first kappa shape index (κ1) is 16.6. The Bertz CT molecular complexity index is 1130. The second-order valence-corrected chi connectivity index (χ2v) is 9.51. The predicted octanol–water partition coefficient (Wildman–Crippen LogP) is 4.89. The Labute approximate surface area is 166 Å². The number of anilines is 1. The summed E-state index contributed by atoms with van der Waals surface area (Å²) in [4.78, 5) is 2.17. The van der Waals surface area contributed by atoms with E-state index >= 15 is 0 Å². The first-order valence-electron chi connectivity index (χ1n) is 9.31. The van der Waals surface area contributed by atoms with Crippen LogP contribution in [0.3, 0.4) is 0 Å². The van der Waals surface area contributed by atoms with Crippen LogP contribution in [0.2, 0.25) is 0 Å². The molecule has 1 aliphatic heterocycles. The van der Waals surface area contributed by atoms with Crippen LogP contribution in [0.15, 0.2) is 88.9 Å². The van der Waals surface area contributed by atoms with Gasteiger partial charge < -0.3 is 0 Å². The van der Waals surface area contributed by atoms with Crippen LogP contribution < -0.4 is 9.36 Å². The normalized spacial score (nSPS) is 15.4. The minimum atomic E-state index is 0.357. The van der Waals surface area contributed by atoms with Gasteiger partial charge in [0, 0.05) is 0 Å². The summed E-state index contributed by atoms with van der Waals surface area (Å²) in [6, 6.07) is 22.5. The van der Waals surface area contributed by atoms with Gasteiger partial charge in [-0.3, -0.25) is 0 Å². The molecule has 0 fully saturated rings. The molecule has 5 rings (SSSR count). The Morgan fingerprint density at radius 2 is 1.74 bits per heavy atom. The molecule has 0 bridgehead atoms. The summed E-state index contributed by atoms with van der Waals surface area (Å²) < 4.78 is 3.02. The summed E-state index contributed by atoms with van der Waals surface area (Å²) in [6.45, 7) is 0. The number of benzene rings is 3. The fourth-order valence-electron chi connectivity index (χ4n) is 3.86. The number of rotatable bonds is 2. The van der Waals surface area contributed by atoms with E-state index in [1.54, 1.807) is 0 Å². The van der Waals surface area contributed by atoms with Crippen LogP contribution in [-0.4, -0.2) is 29.1 Å². The van der Waals surface area contributed by atoms with Crippen LogP contribution in [0.1, 0.15) is 17.5 Å². The van der Waals surface area contributed by atoms with Gasteiger partial charge in [0.05, 0.1) is 0 Å². The molecule has 2 aliphatic rings. The van der Waals surface area contributed by atoms with E-state index in [9.17, 15) is 0 Å². The molecule has 2 heteroatoms. The molecule has 3 aromatic rings. The molecular formula is C25H21NSe. The van der Waals surface area contributed by atoms with Gasteiger partial charge in [-0.25, -0.2) is 0 Å². The Hall–Kier alpha value is -2.54. The molecule has 0 radical (unpaired) electrons. The molecule has 0 saturated carbocycles. The summed E-state index contributed by atoms with van der Waals surface area (Å²) in [6.07, 6.45) is 8.09. The minimum absolute atomic E-state index is 0.357. The maximum absolute atomic E-state index is 2.43. The quantitative estimate of drug-likeness (QED) is 0.540. The Balaban J connectivity index is 1.79. The molecule has 132 valence electrons. The van der Waals surface area contributed by atoms with E-state index in [1.165, 1.54) is 47.7 Å². The van der Waals surface area contributed by atoms with Gasteiger partial charge in [0.2, 0.25) is 0 Å². The molecular weight excluding hydrogens is 393 g/mol. The number of hydrogen-bond acceptors (Lipinski definition) is 1. The van der Waals surface area contributed by atoms with Gasteiger partial charge in [0.25, 0.3) is 0 Å². The molecule has 0 saturated heterocycles. The van der Waals surface area contributed by atoms with Crippen molar-refractivity contribution in [1.82, 2.24) is 0 Å². The van der Waals surface area contributed by atoms with E-state index in [-0.39, 0.29) is 0 Å². The maximum atomic E-state index is 2.43. The Morgan fingerprint density at radius 3 is 2.56 bits per heavy atom. The van der Waals surface area contributed by atoms with Gasteiger partial charge in [0.1, 0.15) is 0 Å². The Morgan fingerprint density at radius 1 is 0.889 bits per heavy atom. The summed E-state index contributed by atoms with van der Waals surface area (Å²) in [7, 11) is 4.20. The third-order valence-electron chi connectivity index (χ3n) is 5.25. The van der Waals surface area contributed by atoms with Crippen LogP contribution in [0.25, 0.3) is 16.3 Å². The van der Waals surface area contributed by atoms with Crippen molar-refractivity contribution in [2.75, 3.05) is 19.0 Å². The number of allylic oxidation sites excluding steroid dienone is 5. The van der Waals surface area contributed by atoms with Crippen molar-refractivity contribution in [2.45, 2.75) is 6.42 Å². The summed E-state index contributed by atoms with van der Waals surface area (Å²) >= 11 is 0.357. The molecule has 1 aliphatic carbocycles. The van der Waals surface area contributed by atoms with Crippen molar-refractivity contribution >= 4 is 41.5 Å². The zero-order chi connectivity index (χ0) is 18.4. The average Bonchev–Trinajstić information content (AvgIpc) is 2.70. The fraction of sp³-hybridized carbons (Fsp3) is 0.120. The van der Waals surface area contributed by atoms with E-state index < -0.39 is 0 Å². The van der Waals surface area contributed by atoms with Gasteiger partial charge in [0.15, 0.2) is 0 Å².